The van der Waals surface area contributed by atoms with Gasteiger partial charge >= 0.3 is 5.97 Å². The summed E-state index contributed by atoms with van der Waals surface area (Å²) in [6.45, 7) is 3.41. The summed E-state index contributed by atoms with van der Waals surface area (Å²) in [6, 6.07) is 3.02. The van der Waals surface area contributed by atoms with Crippen molar-refractivity contribution in [1.29, 1.82) is 0 Å². The highest BCUT2D eigenvalue weighted by molar-refractivity contribution is 5.93. The Kier molecular flexibility index (Phi) is 3.26. The largest absolute Gasteiger partial charge is 0.478 e. The summed E-state index contributed by atoms with van der Waals surface area (Å²) in [6.07, 6.45) is 1.50. The maximum atomic E-state index is 10.9. The molecule has 1 aromatic rings. The van der Waals surface area contributed by atoms with E-state index in [1.54, 1.807) is 19.9 Å². The van der Waals surface area contributed by atoms with Crippen LogP contribution < -0.4 is 5.32 Å². The van der Waals surface area contributed by atoms with E-state index in [4.69, 9.17) is 10.2 Å². The summed E-state index contributed by atoms with van der Waals surface area (Å²) in [5.74, 6) is -0.775. The fourth-order valence-corrected chi connectivity index (χ4v) is 1.04. The zero-order valence-corrected chi connectivity index (χ0v) is 8.69. The van der Waals surface area contributed by atoms with Crippen LogP contribution in [0.5, 0.6) is 0 Å². The van der Waals surface area contributed by atoms with Crippen molar-refractivity contribution >= 4 is 11.8 Å². The van der Waals surface area contributed by atoms with Gasteiger partial charge in [0.05, 0.1) is 12.1 Å². The monoisotopic (exact) mass is 210 g/mol. The van der Waals surface area contributed by atoms with Crippen LogP contribution in [0.25, 0.3) is 0 Å². The maximum absolute atomic E-state index is 10.9. The first kappa shape index (κ1) is 11.5. The number of aliphatic hydroxyl groups excluding tert-OH is 1. The van der Waals surface area contributed by atoms with Crippen molar-refractivity contribution in [3.63, 3.8) is 0 Å². The maximum Gasteiger partial charge on any atom is 0.339 e. The number of hydrogen-bond acceptors (Lipinski definition) is 4. The van der Waals surface area contributed by atoms with Crippen LogP contribution in [0.4, 0.5) is 5.82 Å². The molecule has 1 heterocycles. The molecule has 0 aromatic carbocycles. The summed E-state index contributed by atoms with van der Waals surface area (Å²) in [5.41, 5.74) is -0.502. The number of carboxylic acid groups (broad SMARTS) is 1. The quantitative estimate of drug-likeness (QED) is 0.689. The molecular formula is C10H14N2O3. The zero-order valence-electron chi connectivity index (χ0n) is 8.69. The Bertz CT molecular complexity index is 363. The summed E-state index contributed by atoms with van der Waals surface area (Å²) in [5, 5.41) is 20.8. The number of pyridine rings is 1. The van der Waals surface area contributed by atoms with E-state index in [0.29, 0.717) is 0 Å². The highest BCUT2D eigenvalue weighted by Gasteiger charge is 2.20. The average molecular weight is 210 g/mol. The lowest BCUT2D eigenvalue weighted by Gasteiger charge is -2.24. The highest BCUT2D eigenvalue weighted by atomic mass is 16.4. The molecule has 15 heavy (non-hydrogen) atoms. The molecule has 0 spiro atoms. The lowest BCUT2D eigenvalue weighted by Crippen LogP contribution is -2.36. The molecule has 0 radical (unpaired) electrons. The van der Waals surface area contributed by atoms with Crippen molar-refractivity contribution < 1.29 is 15.0 Å². The van der Waals surface area contributed by atoms with Crippen LogP contribution in [-0.4, -0.2) is 33.3 Å². The molecule has 0 atom stereocenters. The minimum Gasteiger partial charge on any atom is -0.478 e. The van der Waals surface area contributed by atoms with E-state index < -0.39 is 11.5 Å². The highest BCUT2D eigenvalue weighted by Crippen LogP contribution is 2.16. The smallest absolute Gasteiger partial charge is 0.339 e. The van der Waals surface area contributed by atoms with Crippen molar-refractivity contribution in [1.82, 2.24) is 4.98 Å². The van der Waals surface area contributed by atoms with Gasteiger partial charge in [-0.2, -0.15) is 0 Å². The SMILES string of the molecule is CC(C)(CO)Nc1ncccc1C(=O)O. The number of hydrogen-bond donors (Lipinski definition) is 3. The Morgan fingerprint density at radius 2 is 2.27 bits per heavy atom. The van der Waals surface area contributed by atoms with E-state index in [1.807, 2.05) is 0 Å². The van der Waals surface area contributed by atoms with Crippen LogP contribution in [0, 0.1) is 0 Å². The van der Waals surface area contributed by atoms with Crippen LogP contribution in [0.1, 0.15) is 24.2 Å². The Balaban J connectivity index is 2.99. The molecule has 0 unspecified atom stereocenters. The third-order valence-electron chi connectivity index (χ3n) is 1.89. The Morgan fingerprint density at radius 1 is 1.60 bits per heavy atom. The molecule has 0 aliphatic carbocycles. The third kappa shape index (κ3) is 2.92. The molecule has 5 heteroatoms. The molecular weight excluding hydrogens is 196 g/mol. The first-order valence-electron chi connectivity index (χ1n) is 4.53. The van der Waals surface area contributed by atoms with Gasteiger partial charge in [-0.15, -0.1) is 0 Å². The van der Waals surface area contributed by atoms with Gasteiger partial charge in [0.25, 0.3) is 0 Å². The van der Waals surface area contributed by atoms with E-state index in [0.717, 1.165) is 0 Å². The van der Waals surface area contributed by atoms with Gasteiger partial charge < -0.3 is 15.5 Å². The molecule has 3 N–H and O–H groups in total. The second-order valence-electron chi connectivity index (χ2n) is 3.87. The number of nitrogens with zero attached hydrogens (tertiary/aromatic N) is 1. The lowest BCUT2D eigenvalue weighted by molar-refractivity contribution is 0.0697. The Morgan fingerprint density at radius 3 is 2.80 bits per heavy atom. The molecule has 0 saturated carbocycles. The minimum absolute atomic E-state index is 0.0963. The molecule has 1 rings (SSSR count). The number of anilines is 1. The zero-order chi connectivity index (χ0) is 11.5. The summed E-state index contributed by atoms with van der Waals surface area (Å²) >= 11 is 0. The minimum atomic E-state index is -1.04. The van der Waals surface area contributed by atoms with Crippen molar-refractivity contribution in [2.24, 2.45) is 0 Å². The molecule has 0 aliphatic heterocycles. The Hall–Kier alpha value is -1.62. The standard InChI is InChI=1S/C10H14N2O3/c1-10(2,6-13)12-8-7(9(14)15)4-3-5-11-8/h3-5,13H,6H2,1-2H3,(H,11,12)(H,14,15). The molecule has 5 nitrogen and oxygen atoms in total. The van der Waals surface area contributed by atoms with Gasteiger partial charge in [-0.05, 0) is 26.0 Å². The third-order valence-corrected chi connectivity index (χ3v) is 1.89. The molecule has 0 amide bonds. The lowest BCUT2D eigenvalue weighted by atomic mass is 10.1. The molecule has 1 aromatic heterocycles. The van der Waals surface area contributed by atoms with Gasteiger partial charge in [0, 0.05) is 6.20 Å². The van der Waals surface area contributed by atoms with E-state index in [-0.39, 0.29) is 18.0 Å². The van der Waals surface area contributed by atoms with E-state index in [1.165, 1.54) is 12.3 Å². The van der Waals surface area contributed by atoms with Gasteiger partial charge in [0.2, 0.25) is 0 Å². The molecule has 0 bridgehead atoms. The van der Waals surface area contributed by atoms with Gasteiger partial charge in [0.15, 0.2) is 0 Å². The van der Waals surface area contributed by atoms with Gasteiger partial charge in [-0.25, -0.2) is 9.78 Å². The van der Waals surface area contributed by atoms with Gasteiger partial charge in [0.1, 0.15) is 11.4 Å². The van der Waals surface area contributed by atoms with Crippen LogP contribution >= 0.6 is 0 Å². The number of nitrogens with one attached hydrogen (secondary N) is 1. The molecule has 0 aliphatic rings. The molecule has 82 valence electrons. The fraction of sp³-hybridized carbons (Fsp3) is 0.400. The van der Waals surface area contributed by atoms with Gasteiger partial charge in [-0.1, -0.05) is 0 Å². The summed E-state index contributed by atoms with van der Waals surface area (Å²) < 4.78 is 0. The Labute approximate surface area is 87.8 Å². The van der Waals surface area contributed by atoms with Crippen molar-refractivity contribution in [3.8, 4) is 0 Å². The number of carbonyl (C=O) groups is 1. The predicted octanol–water partition coefficient (Wildman–Crippen LogP) is 0.963. The average Bonchev–Trinajstić information content (AvgIpc) is 2.18. The number of rotatable bonds is 4. The topological polar surface area (TPSA) is 82.5 Å². The van der Waals surface area contributed by atoms with Crippen molar-refractivity contribution in [2.75, 3.05) is 11.9 Å². The number of aliphatic hydroxyl groups is 1. The van der Waals surface area contributed by atoms with Crippen LogP contribution in [0.15, 0.2) is 18.3 Å². The normalized spacial score (nSPS) is 11.1. The summed E-state index contributed by atoms with van der Waals surface area (Å²) in [4.78, 5) is 14.8. The van der Waals surface area contributed by atoms with E-state index >= 15 is 0 Å². The van der Waals surface area contributed by atoms with Crippen LogP contribution in [-0.2, 0) is 0 Å². The number of aromatic carboxylic acids is 1. The first-order chi connectivity index (χ1) is 6.96. The molecule has 0 saturated heterocycles. The van der Waals surface area contributed by atoms with Gasteiger partial charge in [-0.3, -0.25) is 0 Å². The van der Waals surface area contributed by atoms with Crippen molar-refractivity contribution in [2.45, 2.75) is 19.4 Å². The van der Waals surface area contributed by atoms with Crippen molar-refractivity contribution in [3.05, 3.63) is 23.9 Å². The predicted molar refractivity (Wildman–Crippen MR) is 56.0 cm³/mol. The second-order valence-corrected chi connectivity index (χ2v) is 3.87. The van der Waals surface area contributed by atoms with E-state index in [9.17, 15) is 4.79 Å². The van der Waals surface area contributed by atoms with Crippen LogP contribution in [0.3, 0.4) is 0 Å². The molecule has 0 fully saturated rings. The number of aromatic nitrogens is 1. The summed E-state index contributed by atoms with van der Waals surface area (Å²) in [7, 11) is 0. The second kappa shape index (κ2) is 4.27. The number of carboxylic acids is 1. The van der Waals surface area contributed by atoms with E-state index in [2.05, 4.69) is 10.3 Å². The first-order valence-corrected chi connectivity index (χ1v) is 4.53. The fourth-order valence-electron chi connectivity index (χ4n) is 1.04. The van der Waals surface area contributed by atoms with Crippen LogP contribution in [0.2, 0.25) is 0 Å².